The van der Waals surface area contributed by atoms with Crippen LogP contribution < -0.4 is 0 Å². The minimum atomic E-state index is 0.703. The summed E-state index contributed by atoms with van der Waals surface area (Å²) in [7, 11) is 0. The second-order valence-corrected chi connectivity index (χ2v) is 15.2. The van der Waals surface area contributed by atoms with Gasteiger partial charge in [-0.2, -0.15) is 0 Å². The Hall–Kier alpha value is -7.14. The Kier molecular flexibility index (Phi) is 7.68. The molecule has 0 bridgehead atoms. The van der Waals surface area contributed by atoms with Crippen molar-refractivity contribution < 1.29 is 4.42 Å². The average molecular weight is 733 g/mol. The smallest absolute Gasteiger partial charge is 0.180 e. The van der Waals surface area contributed by atoms with Gasteiger partial charge in [0, 0.05) is 42.2 Å². The summed E-state index contributed by atoms with van der Waals surface area (Å²) in [6.45, 7) is 0. The first-order chi connectivity index (χ1) is 27.7. The maximum atomic E-state index is 6.32. The van der Waals surface area contributed by atoms with Gasteiger partial charge in [0.15, 0.2) is 5.58 Å². The van der Waals surface area contributed by atoms with Gasteiger partial charge in [-0.1, -0.05) is 140 Å². The van der Waals surface area contributed by atoms with Gasteiger partial charge in [0.05, 0.1) is 0 Å². The molecule has 56 heavy (non-hydrogen) atoms. The van der Waals surface area contributed by atoms with Crippen molar-refractivity contribution >= 4 is 53.6 Å². The molecule has 0 fully saturated rings. The van der Waals surface area contributed by atoms with E-state index >= 15 is 0 Å². The van der Waals surface area contributed by atoms with Crippen molar-refractivity contribution in [3.8, 4) is 66.9 Å². The number of aromatic nitrogens is 2. The third-order valence-electron chi connectivity index (χ3n) is 10.8. The summed E-state index contributed by atoms with van der Waals surface area (Å²) in [5.74, 6) is 0. The highest BCUT2D eigenvalue weighted by Gasteiger charge is 2.19. The van der Waals surface area contributed by atoms with Gasteiger partial charge in [0.2, 0.25) is 0 Å². The lowest BCUT2D eigenvalue weighted by atomic mass is 9.92. The summed E-state index contributed by atoms with van der Waals surface area (Å²) >= 11 is 1.89. The molecule has 0 spiro atoms. The summed E-state index contributed by atoms with van der Waals surface area (Å²) in [5.41, 5.74) is 16.1. The minimum absolute atomic E-state index is 0.703. The molecule has 3 aromatic heterocycles. The second kappa shape index (κ2) is 13.3. The number of para-hydroxylation sites is 1. The van der Waals surface area contributed by atoms with Gasteiger partial charge < -0.3 is 4.42 Å². The van der Waals surface area contributed by atoms with Crippen LogP contribution in [0.2, 0.25) is 0 Å². The molecule has 4 heteroatoms. The van der Waals surface area contributed by atoms with Crippen molar-refractivity contribution in [1.82, 2.24) is 9.97 Å². The van der Waals surface area contributed by atoms with Gasteiger partial charge in [-0.3, -0.25) is 0 Å². The number of nitrogens with zero attached hydrogens (tertiary/aromatic N) is 2. The molecule has 0 aliphatic heterocycles. The summed E-state index contributed by atoms with van der Waals surface area (Å²) in [6, 6.07) is 67.4. The van der Waals surface area contributed by atoms with Crippen molar-refractivity contribution in [2.45, 2.75) is 0 Å². The number of fused-ring (bicyclic) bond motifs is 6. The van der Waals surface area contributed by atoms with E-state index in [0.29, 0.717) is 5.58 Å². The van der Waals surface area contributed by atoms with Gasteiger partial charge >= 0.3 is 0 Å². The summed E-state index contributed by atoms with van der Waals surface area (Å²) < 4.78 is 8.89. The zero-order chi connectivity index (χ0) is 37.0. The van der Waals surface area contributed by atoms with E-state index < -0.39 is 0 Å². The topological polar surface area (TPSA) is 38.9 Å². The summed E-state index contributed by atoms with van der Waals surface area (Å²) in [4.78, 5) is 9.31. The van der Waals surface area contributed by atoms with Crippen molar-refractivity contribution in [2.24, 2.45) is 0 Å². The van der Waals surface area contributed by atoms with Crippen molar-refractivity contribution in [2.75, 3.05) is 0 Å². The number of hydrogen-bond acceptors (Lipinski definition) is 4. The monoisotopic (exact) mass is 732 g/mol. The highest BCUT2D eigenvalue weighted by Crippen LogP contribution is 2.48. The zero-order valence-corrected chi connectivity index (χ0v) is 31.0. The number of benzene rings is 8. The Balaban J connectivity index is 1.11. The van der Waals surface area contributed by atoms with E-state index in [1.54, 1.807) is 6.33 Å². The van der Waals surface area contributed by atoms with E-state index in [1.807, 2.05) is 35.6 Å². The van der Waals surface area contributed by atoms with Crippen LogP contribution in [0.15, 0.2) is 199 Å². The van der Waals surface area contributed by atoms with Gasteiger partial charge in [0.1, 0.15) is 23.1 Å². The third-order valence-corrected chi connectivity index (χ3v) is 12.1. The SMILES string of the molecule is c1ccc(-c2cc(-c3ccccc3)c3sc4c(-c5cccc(-c6cccc(-c7ncnc8c7oc7ccccc78)c6)c5)cc(-c5ccccc5)cc4c3c2)cc1. The lowest BCUT2D eigenvalue weighted by Crippen LogP contribution is -1.88. The first kappa shape index (κ1) is 32.3. The van der Waals surface area contributed by atoms with Gasteiger partial charge in [-0.05, 0) is 93.0 Å². The predicted molar refractivity (Wildman–Crippen MR) is 235 cm³/mol. The Morgan fingerprint density at radius 1 is 0.357 bits per heavy atom. The number of thiophene rings is 1. The molecule has 3 nitrogen and oxygen atoms in total. The summed E-state index contributed by atoms with van der Waals surface area (Å²) in [6.07, 6.45) is 1.63. The van der Waals surface area contributed by atoms with Gasteiger partial charge in [-0.15, -0.1) is 11.3 Å². The van der Waals surface area contributed by atoms with Crippen LogP contribution in [0.4, 0.5) is 0 Å². The number of furan rings is 1. The van der Waals surface area contributed by atoms with Crippen LogP contribution in [-0.2, 0) is 0 Å². The highest BCUT2D eigenvalue weighted by atomic mass is 32.1. The molecule has 0 N–H and O–H groups in total. The Morgan fingerprint density at radius 3 is 1.50 bits per heavy atom. The van der Waals surface area contributed by atoms with Crippen LogP contribution in [-0.4, -0.2) is 9.97 Å². The van der Waals surface area contributed by atoms with Crippen molar-refractivity contribution in [3.63, 3.8) is 0 Å². The molecule has 3 heterocycles. The quantitative estimate of drug-likeness (QED) is 0.171. The molecule has 8 aromatic carbocycles. The molecular weight excluding hydrogens is 701 g/mol. The standard InChI is InChI=1S/C52H32N2OS/c1-4-14-33(15-5-1)40-28-43(35-18-8-3-9-19-35)51-45(30-40)46-31-41(34-16-6-2-7-17-34)29-44(52(46)56-51)38-22-12-20-36(26-38)37-21-13-23-39(27-37)48-50-49(54-32-53-48)42-24-10-11-25-47(42)55-50/h1-32H. The first-order valence-corrected chi connectivity index (χ1v) is 19.6. The van der Waals surface area contributed by atoms with E-state index in [2.05, 4.69) is 169 Å². The lowest BCUT2D eigenvalue weighted by Gasteiger charge is -2.12. The number of rotatable bonds is 6. The molecule has 0 amide bonds. The molecule has 0 aliphatic carbocycles. The Labute approximate surface area is 327 Å². The van der Waals surface area contributed by atoms with Crippen LogP contribution in [0.3, 0.4) is 0 Å². The second-order valence-electron chi connectivity index (χ2n) is 14.2. The minimum Gasteiger partial charge on any atom is -0.452 e. The Morgan fingerprint density at radius 2 is 0.857 bits per heavy atom. The highest BCUT2D eigenvalue weighted by molar-refractivity contribution is 7.27. The van der Waals surface area contributed by atoms with E-state index in [1.165, 1.54) is 64.7 Å². The van der Waals surface area contributed by atoms with Gasteiger partial charge in [0.25, 0.3) is 0 Å². The zero-order valence-electron chi connectivity index (χ0n) is 30.2. The molecule has 0 atom stereocenters. The normalized spacial score (nSPS) is 11.6. The number of hydrogen-bond donors (Lipinski definition) is 0. The largest absolute Gasteiger partial charge is 0.452 e. The molecule has 11 rings (SSSR count). The fourth-order valence-electron chi connectivity index (χ4n) is 8.06. The van der Waals surface area contributed by atoms with Crippen LogP contribution in [0.25, 0.3) is 109 Å². The molecule has 0 radical (unpaired) electrons. The molecule has 0 saturated carbocycles. The van der Waals surface area contributed by atoms with Crippen molar-refractivity contribution in [1.29, 1.82) is 0 Å². The molecule has 11 aromatic rings. The van der Waals surface area contributed by atoms with Crippen LogP contribution in [0.1, 0.15) is 0 Å². The van der Waals surface area contributed by atoms with E-state index in [-0.39, 0.29) is 0 Å². The maximum Gasteiger partial charge on any atom is 0.180 e. The average Bonchev–Trinajstić information content (AvgIpc) is 3.85. The first-order valence-electron chi connectivity index (χ1n) is 18.8. The maximum absolute atomic E-state index is 6.32. The van der Waals surface area contributed by atoms with Crippen LogP contribution in [0.5, 0.6) is 0 Å². The molecule has 0 saturated heterocycles. The van der Waals surface area contributed by atoms with E-state index in [0.717, 1.165) is 38.9 Å². The van der Waals surface area contributed by atoms with Crippen LogP contribution in [0, 0.1) is 0 Å². The molecule has 262 valence electrons. The van der Waals surface area contributed by atoms with Crippen LogP contribution >= 0.6 is 11.3 Å². The van der Waals surface area contributed by atoms with Gasteiger partial charge in [-0.25, -0.2) is 9.97 Å². The Bertz CT molecular complexity index is 3240. The molecule has 0 aliphatic rings. The third kappa shape index (κ3) is 5.50. The fraction of sp³-hybridized carbons (Fsp3) is 0. The van der Waals surface area contributed by atoms with E-state index in [4.69, 9.17) is 9.40 Å². The predicted octanol–water partition coefficient (Wildman–Crippen LogP) is 14.7. The van der Waals surface area contributed by atoms with E-state index in [9.17, 15) is 0 Å². The fourth-order valence-corrected chi connectivity index (χ4v) is 9.40. The summed E-state index contributed by atoms with van der Waals surface area (Å²) in [5, 5.41) is 3.53. The molecular formula is C52H32N2OS. The lowest BCUT2D eigenvalue weighted by molar-refractivity contribution is 0.667. The molecule has 0 unspecified atom stereocenters. The van der Waals surface area contributed by atoms with Crippen molar-refractivity contribution in [3.05, 3.63) is 194 Å².